The van der Waals surface area contributed by atoms with Crippen LogP contribution in [0.25, 0.3) is 0 Å². The van der Waals surface area contributed by atoms with Crippen LogP contribution in [0.4, 0.5) is 0 Å². The molecule has 116 valence electrons. The third kappa shape index (κ3) is 11.4. The molecule has 0 aromatic heterocycles. The van der Waals surface area contributed by atoms with Gasteiger partial charge in [-0.3, -0.25) is 9.80 Å². The van der Waals surface area contributed by atoms with Crippen molar-refractivity contribution in [1.29, 1.82) is 0 Å². The molecule has 1 aliphatic heterocycles. The Kier molecular flexibility index (Phi) is 12.7. The molecule has 0 aliphatic carbocycles. The summed E-state index contributed by atoms with van der Waals surface area (Å²) < 4.78 is 10.6. The van der Waals surface area contributed by atoms with E-state index in [4.69, 9.17) is 9.47 Å². The molecular formula is C15H34N2O2. The van der Waals surface area contributed by atoms with Crippen molar-refractivity contribution in [1.82, 2.24) is 9.80 Å². The van der Waals surface area contributed by atoms with Crippen LogP contribution in [0.2, 0.25) is 0 Å². The molecule has 1 rings (SSSR count). The molecule has 4 heteroatoms. The fourth-order valence-corrected chi connectivity index (χ4v) is 1.87. The molecule has 1 saturated heterocycles. The summed E-state index contributed by atoms with van der Waals surface area (Å²) in [4.78, 5) is 4.94. The minimum Gasteiger partial charge on any atom is -0.383 e. The largest absolute Gasteiger partial charge is 0.383 e. The highest BCUT2D eigenvalue weighted by Crippen LogP contribution is 2.01. The lowest BCUT2D eigenvalue weighted by Gasteiger charge is -2.34. The second-order valence-corrected chi connectivity index (χ2v) is 5.30. The lowest BCUT2D eigenvalue weighted by Crippen LogP contribution is -2.48. The summed E-state index contributed by atoms with van der Waals surface area (Å²) >= 11 is 0. The summed E-state index contributed by atoms with van der Waals surface area (Å²) in [6.45, 7) is 16.9. The molecule has 19 heavy (non-hydrogen) atoms. The topological polar surface area (TPSA) is 24.9 Å². The minimum absolute atomic E-state index is 0.350. The van der Waals surface area contributed by atoms with Crippen LogP contribution in [-0.4, -0.2) is 75.5 Å². The van der Waals surface area contributed by atoms with Crippen molar-refractivity contribution in [2.45, 2.75) is 40.2 Å². The van der Waals surface area contributed by atoms with Gasteiger partial charge in [0.1, 0.15) is 0 Å². The molecule has 0 saturated carbocycles. The Bertz CT molecular complexity index is 181. The number of nitrogens with zero attached hydrogens (tertiary/aromatic N) is 2. The van der Waals surface area contributed by atoms with E-state index >= 15 is 0 Å². The lowest BCUT2D eigenvalue weighted by atomic mass is 10.3. The van der Waals surface area contributed by atoms with Gasteiger partial charge in [0.25, 0.3) is 0 Å². The molecule has 0 amide bonds. The zero-order valence-corrected chi connectivity index (χ0v) is 13.7. The number of rotatable bonds is 7. The Morgan fingerprint density at radius 1 is 0.895 bits per heavy atom. The maximum Gasteiger partial charge on any atom is 0.0596 e. The smallest absolute Gasteiger partial charge is 0.0596 e. The Morgan fingerprint density at radius 3 is 1.68 bits per heavy atom. The van der Waals surface area contributed by atoms with Gasteiger partial charge >= 0.3 is 0 Å². The summed E-state index contributed by atoms with van der Waals surface area (Å²) in [6.07, 6.45) is 1.60. The van der Waals surface area contributed by atoms with E-state index in [-0.39, 0.29) is 0 Å². The van der Waals surface area contributed by atoms with Crippen molar-refractivity contribution in [2.24, 2.45) is 0 Å². The second-order valence-electron chi connectivity index (χ2n) is 5.30. The van der Waals surface area contributed by atoms with E-state index in [1.807, 2.05) is 0 Å². The van der Waals surface area contributed by atoms with E-state index in [2.05, 4.69) is 37.5 Å². The molecule has 1 aliphatic rings. The van der Waals surface area contributed by atoms with Crippen LogP contribution in [0, 0.1) is 0 Å². The van der Waals surface area contributed by atoms with Crippen molar-refractivity contribution < 1.29 is 9.47 Å². The second kappa shape index (κ2) is 12.9. The molecule has 0 aromatic rings. The monoisotopic (exact) mass is 274 g/mol. The van der Waals surface area contributed by atoms with Crippen LogP contribution < -0.4 is 0 Å². The SMILES string of the molecule is CCC.COCCN1CCN(CCOC(C)C)CC1. The first-order chi connectivity index (χ1) is 9.13. The van der Waals surface area contributed by atoms with Gasteiger partial charge in [0.05, 0.1) is 19.3 Å². The Morgan fingerprint density at radius 2 is 1.32 bits per heavy atom. The molecule has 0 bridgehead atoms. The van der Waals surface area contributed by atoms with E-state index in [1.165, 1.54) is 6.42 Å². The summed E-state index contributed by atoms with van der Waals surface area (Å²) in [7, 11) is 1.76. The average molecular weight is 274 g/mol. The first-order valence-electron chi connectivity index (χ1n) is 7.69. The fourth-order valence-electron chi connectivity index (χ4n) is 1.87. The zero-order valence-electron chi connectivity index (χ0n) is 13.7. The molecule has 0 N–H and O–H groups in total. The maximum atomic E-state index is 5.56. The molecule has 1 heterocycles. The molecule has 1 fully saturated rings. The van der Waals surface area contributed by atoms with E-state index in [0.29, 0.717) is 6.10 Å². The van der Waals surface area contributed by atoms with E-state index < -0.39 is 0 Å². The van der Waals surface area contributed by atoms with Crippen LogP contribution in [0.5, 0.6) is 0 Å². The minimum atomic E-state index is 0.350. The Labute approximate surface area is 120 Å². The van der Waals surface area contributed by atoms with Crippen molar-refractivity contribution >= 4 is 0 Å². The van der Waals surface area contributed by atoms with Crippen molar-refractivity contribution in [2.75, 3.05) is 59.6 Å². The average Bonchev–Trinajstić information content (AvgIpc) is 2.38. The van der Waals surface area contributed by atoms with Gasteiger partial charge in [-0.05, 0) is 13.8 Å². The molecule has 0 atom stereocenters. The summed E-state index contributed by atoms with van der Waals surface area (Å²) in [5.41, 5.74) is 0. The molecule has 0 spiro atoms. The van der Waals surface area contributed by atoms with E-state index in [0.717, 1.165) is 52.5 Å². The predicted octanol–water partition coefficient (Wildman–Crippen LogP) is 2.09. The van der Waals surface area contributed by atoms with Crippen LogP contribution in [0.1, 0.15) is 34.1 Å². The zero-order chi connectivity index (χ0) is 14.5. The molecule has 0 radical (unpaired) electrons. The molecule has 0 aromatic carbocycles. The third-order valence-corrected chi connectivity index (χ3v) is 2.94. The summed E-state index contributed by atoms with van der Waals surface area (Å²) in [5.74, 6) is 0. The van der Waals surface area contributed by atoms with Crippen LogP contribution in [0.15, 0.2) is 0 Å². The van der Waals surface area contributed by atoms with Gasteiger partial charge in [0, 0.05) is 46.4 Å². The quantitative estimate of drug-likeness (QED) is 0.710. The van der Waals surface area contributed by atoms with Gasteiger partial charge in [-0.1, -0.05) is 20.3 Å². The van der Waals surface area contributed by atoms with Crippen LogP contribution in [0.3, 0.4) is 0 Å². The maximum absolute atomic E-state index is 5.56. The van der Waals surface area contributed by atoms with Gasteiger partial charge in [0.2, 0.25) is 0 Å². The summed E-state index contributed by atoms with van der Waals surface area (Å²) in [6, 6.07) is 0. The molecule has 4 nitrogen and oxygen atoms in total. The number of hydrogen-bond donors (Lipinski definition) is 0. The Balaban J connectivity index is 0.000000982. The van der Waals surface area contributed by atoms with Crippen molar-refractivity contribution in [3.63, 3.8) is 0 Å². The molecule has 0 unspecified atom stereocenters. The van der Waals surface area contributed by atoms with Crippen molar-refractivity contribution in [3.8, 4) is 0 Å². The first-order valence-corrected chi connectivity index (χ1v) is 7.69. The predicted molar refractivity (Wildman–Crippen MR) is 81.8 cm³/mol. The Hall–Kier alpha value is -0.160. The van der Waals surface area contributed by atoms with Gasteiger partial charge in [-0.2, -0.15) is 0 Å². The summed E-state index contributed by atoms with van der Waals surface area (Å²) in [5, 5.41) is 0. The number of piperazine rings is 1. The molecular weight excluding hydrogens is 240 g/mol. The number of ether oxygens (including phenoxy) is 2. The van der Waals surface area contributed by atoms with Crippen molar-refractivity contribution in [3.05, 3.63) is 0 Å². The van der Waals surface area contributed by atoms with Gasteiger partial charge in [-0.25, -0.2) is 0 Å². The van der Waals surface area contributed by atoms with Gasteiger partial charge < -0.3 is 9.47 Å². The standard InChI is InChI=1S/C12H26N2O2.C3H8/c1-12(2)16-11-9-14-6-4-13(5-7-14)8-10-15-3;1-3-2/h12H,4-11H2,1-3H3;3H2,1-2H3. The van der Waals surface area contributed by atoms with E-state index in [1.54, 1.807) is 7.11 Å². The lowest BCUT2D eigenvalue weighted by molar-refractivity contribution is 0.0407. The highest BCUT2D eigenvalue weighted by atomic mass is 16.5. The highest BCUT2D eigenvalue weighted by molar-refractivity contribution is 4.71. The van der Waals surface area contributed by atoms with E-state index in [9.17, 15) is 0 Å². The fraction of sp³-hybridized carbons (Fsp3) is 1.00. The van der Waals surface area contributed by atoms with Gasteiger partial charge in [0.15, 0.2) is 0 Å². The van der Waals surface area contributed by atoms with Gasteiger partial charge in [-0.15, -0.1) is 0 Å². The third-order valence-electron chi connectivity index (χ3n) is 2.94. The first kappa shape index (κ1) is 18.8. The normalized spacial score (nSPS) is 17.4. The van der Waals surface area contributed by atoms with Crippen LogP contribution in [-0.2, 0) is 9.47 Å². The highest BCUT2D eigenvalue weighted by Gasteiger charge is 2.15. The van der Waals surface area contributed by atoms with Crippen LogP contribution >= 0.6 is 0 Å². The number of methoxy groups -OCH3 is 1. The number of hydrogen-bond acceptors (Lipinski definition) is 4.